The highest BCUT2D eigenvalue weighted by atomic mass is 35.5. The number of nitrogens with one attached hydrogen (secondary N) is 2. The minimum atomic E-state index is -0.151. The molecule has 120 valence electrons. The van der Waals surface area contributed by atoms with E-state index in [0.717, 1.165) is 30.6 Å². The number of piperidine rings is 1. The lowest BCUT2D eigenvalue weighted by molar-refractivity contribution is 0.0935. The predicted molar refractivity (Wildman–Crippen MR) is 97.5 cm³/mol. The molecule has 3 nitrogen and oxygen atoms in total. The van der Waals surface area contributed by atoms with Crippen LogP contribution in [0.1, 0.15) is 22.5 Å². The van der Waals surface area contributed by atoms with Gasteiger partial charge in [-0.3, -0.25) is 4.79 Å². The van der Waals surface area contributed by atoms with E-state index in [-0.39, 0.29) is 24.4 Å². The van der Waals surface area contributed by atoms with E-state index in [1.165, 1.54) is 11.3 Å². The smallest absolute Gasteiger partial charge is 0.263 e. The molecule has 0 saturated carbocycles. The molecule has 0 bridgehead atoms. The zero-order valence-electron chi connectivity index (χ0n) is 11.4. The molecular formula is C14H14Cl4N2OS. The van der Waals surface area contributed by atoms with E-state index >= 15 is 0 Å². The minimum Gasteiger partial charge on any atom is -0.347 e. The normalized spacial score (nSPS) is 18.0. The predicted octanol–water partition coefficient (Wildman–Crippen LogP) is 4.77. The highest BCUT2D eigenvalue weighted by Crippen LogP contribution is 2.41. The van der Waals surface area contributed by atoms with Gasteiger partial charge in [0, 0.05) is 27.7 Å². The number of thiophene rings is 1. The number of amides is 1. The van der Waals surface area contributed by atoms with Gasteiger partial charge in [-0.2, -0.15) is 0 Å². The Morgan fingerprint density at radius 1 is 1.32 bits per heavy atom. The summed E-state index contributed by atoms with van der Waals surface area (Å²) in [6.45, 7) is 1.80. The molecule has 1 amide bonds. The Kier molecular flexibility index (Phi) is 6.22. The molecule has 2 heterocycles. The maximum absolute atomic E-state index is 12.4. The SMILES string of the molecule is Cl.O=C(N[C@H]1CCCNC1)c1sc2cc(Cl)cc(Cl)c2c1Cl. The van der Waals surface area contributed by atoms with Crippen LogP contribution in [0.4, 0.5) is 0 Å². The quantitative estimate of drug-likeness (QED) is 0.763. The molecule has 8 heteroatoms. The fourth-order valence-corrected chi connectivity index (χ4v) is 4.77. The van der Waals surface area contributed by atoms with Crippen LogP contribution in [0.3, 0.4) is 0 Å². The largest absolute Gasteiger partial charge is 0.347 e. The van der Waals surface area contributed by atoms with Gasteiger partial charge in [0.05, 0.1) is 10.0 Å². The van der Waals surface area contributed by atoms with Crippen molar-refractivity contribution in [2.45, 2.75) is 18.9 Å². The standard InChI is InChI=1S/C14H13Cl3N2OS.ClH/c15-7-4-9(16)11-10(5-7)21-13(12(11)17)14(20)19-8-2-1-3-18-6-8;/h4-5,8,18H,1-3,6H2,(H,19,20);1H/t8-;/m0./s1. The molecule has 22 heavy (non-hydrogen) atoms. The van der Waals surface area contributed by atoms with Gasteiger partial charge in [0.25, 0.3) is 5.91 Å². The average molecular weight is 400 g/mol. The topological polar surface area (TPSA) is 41.1 Å². The molecule has 1 saturated heterocycles. The van der Waals surface area contributed by atoms with Crippen molar-refractivity contribution in [3.05, 3.63) is 32.1 Å². The number of halogens is 4. The third-order valence-corrected chi connectivity index (χ3v) is 5.63. The Hall–Kier alpha value is -0.230. The van der Waals surface area contributed by atoms with E-state index < -0.39 is 0 Å². The van der Waals surface area contributed by atoms with Crippen LogP contribution in [0.5, 0.6) is 0 Å². The van der Waals surface area contributed by atoms with Gasteiger partial charge in [-0.1, -0.05) is 34.8 Å². The molecule has 0 radical (unpaired) electrons. The van der Waals surface area contributed by atoms with E-state index in [4.69, 9.17) is 34.8 Å². The van der Waals surface area contributed by atoms with Gasteiger partial charge in [-0.05, 0) is 31.5 Å². The fourth-order valence-electron chi connectivity index (χ4n) is 2.48. The van der Waals surface area contributed by atoms with Crippen LogP contribution in [0.25, 0.3) is 10.1 Å². The first-order chi connectivity index (χ1) is 10.1. The van der Waals surface area contributed by atoms with Crippen LogP contribution < -0.4 is 10.6 Å². The van der Waals surface area contributed by atoms with Crippen molar-refractivity contribution in [3.63, 3.8) is 0 Å². The van der Waals surface area contributed by atoms with Crippen molar-refractivity contribution < 1.29 is 4.79 Å². The molecule has 1 aliphatic rings. The van der Waals surface area contributed by atoms with Gasteiger partial charge in [0.1, 0.15) is 4.88 Å². The first kappa shape index (κ1) is 18.1. The van der Waals surface area contributed by atoms with Crippen molar-refractivity contribution >= 4 is 74.5 Å². The molecule has 1 aliphatic heterocycles. The summed E-state index contributed by atoms with van der Waals surface area (Å²) in [6, 6.07) is 3.56. The summed E-state index contributed by atoms with van der Waals surface area (Å²) in [5.41, 5.74) is 0. The lowest BCUT2D eigenvalue weighted by Crippen LogP contribution is -2.45. The number of fused-ring (bicyclic) bond motifs is 1. The number of carbonyl (C=O) groups excluding carboxylic acids is 1. The number of benzene rings is 1. The van der Waals surface area contributed by atoms with Crippen LogP contribution in [-0.2, 0) is 0 Å². The second kappa shape index (κ2) is 7.56. The maximum Gasteiger partial charge on any atom is 0.263 e. The molecule has 1 atom stereocenters. The van der Waals surface area contributed by atoms with E-state index in [2.05, 4.69) is 10.6 Å². The summed E-state index contributed by atoms with van der Waals surface area (Å²) in [6.07, 6.45) is 2.04. The number of rotatable bonds is 2. The van der Waals surface area contributed by atoms with Crippen LogP contribution in [0.2, 0.25) is 15.1 Å². The Bertz CT molecular complexity index is 698. The number of hydrogen-bond acceptors (Lipinski definition) is 3. The van der Waals surface area contributed by atoms with Crippen LogP contribution in [-0.4, -0.2) is 25.0 Å². The summed E-state index contributed by atoms with van der Waals surface area (Å²) in [5, 5.41) is 8.39. The van der Waals surface area contributed by atoms with Gasteiger partial charge < -0.3 is 10.6 Å². The Labute approximate surface area is 153 Å². The minimum absolute atomic E-state index is 0. The first-order valence-corrected chi connectivity index (χ1v) is 8.60. The number of hydrogen-bond donors (Lipinski definition) is 2. The summed E-state index contributed by atoms with van der Waals surface area (Å²) < 4.78 is 0.824. The molecule has 0 unspecified atom stereocenters. The first-order valence-electron chi connectivity index (χ1n) is 6.65. The molecule has 1 fully saturated rings. The third kappa shape index (κ3) is 3.64. The maximum atomic E-state index is 12.4. The molecule has 3 rings (SSSR count). The summed E-state index contributed by atoms with van der Waals surface area (Å²) in [7, 11) is 0. The van der Waals surface area contributed by atoms with E-state index in [9.17, 15) is 4.79 Å². The fraction of sp³-hybridized carbons (Fsp3) is 0.357. The van der Waals surface area contributed by atoms with Crippen LogP contribution in [0.15, 0.2) is 12.1 Å². The highest BCUT2D eigenvalue weighted by Gasteiger charge is 2.22. The Balaban J connectivity index is 0.00000176. The van der Waals surface area contributed by atoms with Crippen molar-refractivity contribution in [3.8, 4) is 0 Å². The average Bonchev–Trinajstić information content (AvgIpc) is 2.77. The van der Waals surface area contributed by atoms with E-state index in [1.807, 2.05) is 0 Å². The zero-order valence-corrected chi connectivity index (χ0v) is 15.3. The van der Waals surface area contributed by atoms with Crippen molar-refractivity contribution in [2.75, 3.05) is 13.1 Å². The Morgan fingerprint density at radius 2 is 2.09 bits per heavy atom. The second-order valence-electron chi connectivity index (χ2n) is 5.02. The molecule has 2 N–H and O–H groups in total. The van der Waals surface area contributed by atoms with Crippen LogP contribution in [0, 0.1) is 0 Å². The van der Waals surface area contributed by atoms with Gasteiger partial charge in [-0.15, -0.1) is 23.7 Å². The molecular weight excluding hydrogens is 386 g/mol. The summed E-state index contributed by atoms with van der Waals surface area (Å²) in [5.74, 6) is -0.151. The summed E-state index contributed by atoms with van der Waals surface area (Å²) in [4.78, 5) is 12.9. The van der Waals surface area contributed by atoms with Gasteiger partial charge in [-0.25, -0.2) is 0 Å². The highest BCUT2D eigenvalue weighted by molar-refractivity contribution is 7.21. The number of carbonyl (C=O) groups is 1. The van der Waals surface area contributed by atoms with Crippen molar-refractivity contribution in [1.82, 2.24) is 10.6 Å². The third-order valence-electron chi connectivity index (χ3n) is 3.49. The second-order valence-corrected chi connectivity index (χ2v) is 7.30. The van der Waals surface area contributed by atoms with E-state index in [0.29, 0.717) is 25.3 Å². The molecule has 0 spiro atoms. The van der Waals surface area contributed by atoms with Crippen molar-refractivity contribution in [1.29, 1.82) is 0 Å². The Morgan fingerprint density at radius 3 is 2.77 bits per heavy atom. The summed E-state index contributed by atoms with van der Waals surface area (Å²) >= 11 is 19.8. The van der Waals surface area contributed by atoms with Crippen molar-refractivity contribution in [2.24, 2.45) is 0 Å². The lowest BCUT2D eigenvalue weighted by atomic mass is 10.1. The lowest BCUT2D eigenvalue weighted by Gasteiger charge is -2.23. The van der Waals surface area contributed by atoms with Gasteiger partial charge >= 0.3 is 0 Å². The van der Waals surface area contributed by atoms with Gasteiger partial charge in [0.2, 0.25) is 0 Å². The molecule has 0 aliphatic carbocycles. The van der Waals surface area contributed by atoms with E-state index in [1.54, 1.807) is 12.1 Å². The van der Waals surface area contributed by atoms with Crippen LogP contribution >= 0.6 is 58.5 Å². The molecule has 1 aromatic carbocycles. The van der Waals surface area contributed by atoms with Gasteiger partial charge in [0.15, 0.2) is 0 Å². The molecule has 1 aromatic heterocycles. The molecule has 2 aromatic rings. The monoisotopic (exact) mass is 398 g/mol. The zero-order chi connectivity index (χ0) is 15.0.